The van der Waals surface area contributed by atoms with Gasteiger partial charge in [-0.15, -0.1) is 0 Å². The first-order chi connectivity index (χ1) is 16.0. The number of anilines is 1. The zero-order valence-electron chi connectivity index (χ0n) is 18.4. The van der Waals surface area contributed by atoms with E-state index >= 15 is 0 Å². The standard InChI is InChI=1S/C20H21IN6O6S/c1-20(2,3)33-19(30)25-10(17(28)29)6-27-16-14(15(22)23-7-24-16)26-18(27)34-13-5-12-11(4-9(13)21)31-8-32-12/h4-5,7,10H,6,8H2,1-3H3,(H,25,30)(H,28,29)(H2,22,23,24)/t10-/m0/s1. The third kappa shape index (κ3) is 5.22. The van der Waals surface area contributed by atoms with Gasteiger partial charge in [0.05, 0.1) is 6.54 Å². The predicted molar refractivity (Wildman–Crippen MR) is 130 cm³/mol. The zero-order chi connectivity index (χ0) is 24.6. The zero-order valence-corrected chi connectivity index (χ0v) is 21.3. The number of carboxylic acid groups (broad SMARTS) is 1. The lowest BCUT2D eigenvalue weighted by Crippen LogP contribution is -2.45. The van der Waals surface area contributed by atoms with Gasteiger partial charge in [0, 0.05) is 8.47 Å². The SMILES string of the molecule is CC(C)(C)OC(=O)N[C@@H](Cn1c(Sc2cc3c(cc2I)OCO3)nc2c(N)ncnc21)C(=O)O. The van der Waals surface area contributed by atoms with E-state index in [1.807, 2.05) is 12.1 Å². The predicted octanol–water partition coefficient (Wildman–Crippen LogP) is 2.87. The molecule has 180 valence electrons. The molecule has 14 heteroatoms. The summed E-state index contributed by atoms with van der Waals surface area (Å²) in [5, 5.41) is 12.6. The number of halogens is 1. The third-order valence-electron chi connectivity index (χ3n) is 4.51. The number of aromatic nitrogens is 4. The van der Waals surface area contributed by atoms with Crippen molar-refractivity contribution in [3.8, 4) is 11.5 Å². The minimum absolute atomic E-state index is 0.140. The van der Waals surface area contributed by atoms with Crippen LogP contribution in [0.15, 0.2) is 28.5 Å². The number of imidazole rings is 1. The monoisotopic (exact) mass is 600 g/mol. The number of nitrogens with zero attached hydrogens (tertiary/aromatic N) is 4. The molecule has 2 aromatic heterocycles. The fraction of sp³-hybridized carbons (Fsp3) is 0.350. The number of hydrogen-bond donors (Lipinski definition) is 3. The summed E-state index contributed by atoms with van der Waals surface area (Å²) >= 11 is 3.44. The molecule has 4 rings (SSSR count). The highest BCUT2D eigenvalue weighted by Gasteiger charge is 2.28. The molecule has 34 heavy (non-hydrogen) atoms. The average Bonchev–Trinajstić information content (AvgIpc) is 3.31. The number of carbonyl (C=O) groups is 2. The van der Waals surface area contributed by atoms with Crippen LogP contribution in [0.2, 0.25) is 0 Å². The summed E-state index contributed by atoms with van der Waals surface area (Å²) in [6, 6.07) is 2.34. The molecule has 0 spiro atoms. The van der Waals surface area contributed by atoms with Crippen LogP contribution in [0.3, 0.4) is 0 Å². The Hall–Kier alpha value is -3.01. The molecular weight excluding hydrogens is 579 g/mol. The van der Waals surface area contributed by atoms with Crippen molar-refractivity contribution in [2.75, 3.05) is 12.5 Å². The maximum Gasteiger partial charge on any atom is 0.408 e. The van der Waals surface area contributed by atoms with Gasteiger partial charge in [0.25, 0.3) is 0 Å². The number of nitrogens with two attached hydrogens (primary N) is 1. The number of benzene rings is 1. The summed E-state index contributed by atoms with van der Waals surface area (Å²) < 4.78 is 18.6. The number of hydrogen-bond acceptors (Lipinski definition) is 10. The molecule has 0 unspecified atom stereocenters. The first kappa shape index (κ1) is 24.1. The van der Waals surface area contributed by atoms with Gasteiger partial charge in [-0.25, -0.2) is 24.5 Å². The van der Waals surface area contributed by atoms with E-state index in [9.17, 15) is 14.7 Å². The highest BCUT2D eigenvalue weighted by atomic mass is 127. The van der Waals surface area contributed by atoms with Gasteiger partial charge < -0.3 is 34.9 Å². The lowest BCUT2D eigenvalue weighted by molar-refractivity contribution is -0.139. The maximum absolute atomic E-state index is 12.2. The van der Waals surface area contributed by atoms with E-state index < -0.39 is 23.7 Å². The minimum atomic E-state index is -1.32. The minimum Gasteiger partial charge on any atom is -0.480 e. The van der Waals surface area contributed by atoms with Crippen LogP contribution in [0.25, 0.3) is 11.2 Å². The quantitative estimate of drug-likeness (QED) is 0.357. The van der Waals surface area contributed by atoms with E-state index in [0.717, 1.165) is 8.47 Å². The van der Waals surface area contributed by atoms with Gasteiger partial charge in [0.1, 0.15) is 18.0 Å². The number of amides is 1. The van der Waals surface area contributed by atoms with E-state index in [0.29, 0.717) is 27.8 Å². The second kappa shape index (κ2) is 9.32. The summed E-state index contributed by atoms with van der Waals surface area (Å²) in [6.07, 6.45) is 0.420. The smallest absolute Gasteiger partial charge is 0.408 e. The Labute approximate surface area is 211 Å². The highest BCUT2D eigenvalue weighted by Crippen LogP contribution is 2.41. The van der Waals surface area contributed by atoms with Crippen molar-refractivity contribution >= 4 is 63.4 Å². The number of ether oxygens (including phenoxy) is 3. The third-order valence-corrected chi connectivity index (χ3v) is 6.82. The van der Waals surface area contributed by atoms with Crippen molar-refractivity contribution in [2.45, 2.75) is 49.0 Å². The van der Waals surface area contributed by atoms with Gasteiger partial charge in [0.2, 0.25) is 6.79 Å². The van der Waals surface area contributed by atoms with Crippen LogP contribution < -0.4 is 20.5 Å². The van der Waals surface area contributed by atoms with E-state index in [2.05, 4.69) is 42.9 Å². The Morgan fingerprint density at radius 3 is 2.71 bits per heavy atom. The van der Waals surface area contributed by atoms with Crippen LogP contribution in [-0.2, 0) is 16.1 Å². The summed E-state index contributed by atoms with van der Waals surface area (Å²) in [5.41, 5.74) is 5.87. The van der Waals surface area contributed by atoms with Crippen LogP contribution in [0.1, 0.15) is 20.8 Å². The van der Waals surface area contributed by atoms with Gasteiger partial charge in [-0.3, -0.25) is 0 Å². The van der Waals surface area contributed by atoms with Crippen LogP contribution in [-0.4, -0.2) is 55.1 Å². The number of aliphatic carboxylic acids is 1. The number of alkyl carbamates (subject to hydrolysis) is 1. The average molecular weight is 600 g/mol. The molecule has 0 saturated heterocycles. The molecule has 0 bridgehead atoms. The Balaban J connectivity index is 1.70. The molecule has 0 saturated carbocycles. The Morgan fingerprint density at radius 2 is 2.03 bits per heavy atom. The van der Waals surface area contributed by atoms with E-state index in [-0.39, 0.29) is 19.2 Å². The van der Waals surface area contributed by atoms with E-state index in [4.69, 9.17) is 19.9 Å². The lowest BCUT2D eigenvalue weighted by Gasteiger charge is -2.22. The number of nitrogens with one attached hydrogen (secondary N) is 1. The lowest BCUT2D eigenvalue weighted by atomic mass is 10.2. The molecule has 1 aliphatic rings. The fourth-order valence-electron chi connectivity index (χ4n) is 3.07. The normalized spacial score (nSPS) is 13.6. The molecule has 0 radical (unpaired) electrons. The van der Waals surface area contributed by atoms with Crippen LogP contribution in [0, 0.1) is 3.57 Å². The Bertz CT molecular complexity index is 1280. The van der Waals surface area contributed by atoms with E-state index in [1.54, 1.807) is 25.3 Å². The summed E-state index contributed by atoms with van der Waals surface area (Å²) in [4.78, 5) is 37.8. The molecule has 1 amide bonds. The van der Waals surface area contributed by atoms with Gasteiger partial charge in [-0.1, -0.05) is 11.8 Å². The number of rotatable bonds is 6. The van der Waals surface area contributed by atoms with Gasteiger partial charge in [-0.2, -0.15) is 0 Å². The molecule has 4 N–H and O–H groups in total. The second-order valence-electron chi connectivity index (χ2n) is 8.21. The van der Waals surface area contributed by atoms with Crippen molar-refractivity contribution in [3.63, 3.8) is 0 Å². The fourth-order valence-corrected chi connectivity index (χ4v) is 4.77. The van der Waals surface area contributed by atoms with Gasteiger partial charge in [-0.05, 0) is 55.5 Å². The number of carboxylic acids is 1. The molecule has 0 aliphatic carbocycles. The molecule has 1 aromatic carbocycles. The molecule has 0 fully saturated rings. The van der Waals surface area contributed by atoms with Crippen molar-refractivity contribution in [1.29, 1.82) is 0 Å². The number of nitrogen functional groups attached to an aromatic ring is 1. The van der Waals surface area contributed by atoms with Crippen LogP contribution >= 0.6 is 34.4 Å². The molecule has 3 aromatic rings. The topological polar surface area (TPSA) is 164 Å². The number of fused-ring (bicyclic) bond motifs is 2. The van der Waals surface area contributed by atoms with Crippen molar-refractivity contribution < 1.29 is 28.9 Å². The number of carbonyl (C=O) groups excluding carboxylic acids is 1. The molecule has 12 nitrogen and oxygen atoms in total. The first-order valence-corrected chi connectivity index (χ1v) is 11.9. The molecular formula is C20H21IN6O6S. The van der Waals surface area contributed by atoms with Crippen LogP contribution in [0.4, 0.5) is 10.6 Å². The highest BCUT2D eigenvalue weighted by molar-refractivity contribution is 14.1. The summed E-state index contributed by atoms with van der Waals surface area (Å²) in [5.74, 6) is 0.145. The summed E-state index contributed by atoms with van der Waals surface area (Å²) in [7, 11) is 0. The first-order valence-electron chi connectivity index (χ1n) is 9.98. The van der Waals surface area contributed by atoms with Gasteiger partial charge >= 0.3 is 12.1 Å². The van der Waals surface area contributed by atoms with Gasteiger partial charge in [0.15, 0.2) is 33.6 Å². The molecule has 1 aliphatic heterocycles. The van der Waals surface area contributed by atoms with Crippen molar-refractivity contribution in [2.24, 2.45) is 0 Å². The van der Waals surface area contributed by atoms with Crippen molar-refractivity contribution in [3.05, 3.63) is 22.0 Å². The Morgan fingerprint density at radius 1 is 1.32 bits per heavy atom. The van der Waals surface area contributed by atoms with E-state index in [1.165, 1.54) is 18.1 Å². The largest absolute Gasteiger partial charge is 0.480 e. The van der Waals surface area contributed by atoms with Crippen LogP contribution in [0.5, 0.6) is 11.5 Å². The molecule has 1 atom stereocenters. The van der Waals surface area contributed by atoms with Crippen molar-refractivity contribution in [1.82, 2.24) is 24.8 Å². The molecule has 3 heterocycles. The Kier molecular flexibility index (Phi) is 6.62. The summed E-state index contributed by atoms with van der Waals surface area (Å²) in [6.45, 7) is 5.03. The second-order valence-corrected chi connectivity index (χ2v) is 10.4. The maximum atomic E-state index is 12.2.